The van der Waals surface area contributed by atoms with Crippen molar-refractivity contribution in [1.82, 2.24) is 5.32 Å². The second-order valence-corrected chi connectivity index (χ2v) is 20.2. The van der Waals surface area contributed by atoms with Crippen LogP contribution in [-0.2, 0) is 4.79 Å². The molecule has 1 amide bonds. The Kier molecular flexibility index (Phi) is 52.9. The molecule has 0 aliphatic carbocycles. The Morgan fingerprint density at radius 2 is 0.619 bits per heavy atom. The molecule has 0 spiro atoms. The summed E-state index contributed by atoms with van der Waals surface area (Å²) in [6, 6.07) is -0.794. The fourth-order valence-electron chi connectivity index (χ4n) is 9.37. The molecule has 0 rings (SSSR count). The molecule has 5 nitrogen and oxygen atoms in total. The van der Waals surface area contributed by atoms with E-state index in [-0.39, 0.29) is 6.61 Å². The highest BCUT2D eigenvalue weighted by molar-refractivity contribution is 5.80. The highest BCUT2D eigenvalue weighted by Gasteiger charge is 2.22. The maximum absolute atomic E-state index is 12.6. The van der Waals surface area contributed by atoms with Crippen LogP contribution in [0.3, 0.4) is 0 Å². The molecule has 0 aromatic heterocycles. The summed E-state index contributed by atoms with van der Waals surface area (Å²) in [6.45, 7) is 4.23. The quantitative estimate of drug-likeness (QED) is 0.0362. The van der Waals surface area contributed by atoms with Crippen molar-refractivity contribution in [1.29, 1.82) is 0 Å². The van der Waals surface area contributed by atoms with Crippen LogP contribution in [0.4, 0.5) is 0 Å². The van der Waals surface area contributed by atoms with Gasteiger partial charge in [0.2, 0.25) is 5.91 Å². The van der Waals surface area contributed by atoms with Gasteiger partial charge in [-0.15, -0.1) is 0 Å². The third-order valence-corrected chi connectivity index (χ3v) is 13.9. The SMILES string of the molecule is CCCCCCCCCCCCCCCCCCCCCCCCC/C=C/C(O)C(CO)NC(=O)C(O)CCCCCCCCCCCCCCCCCCCCCCCCCC. The number of rotatable bonds is 54. The number of aliphatic hydroxyl groups is 3. The second-order valence-electron chi connectivity index (χ2n) is 20.2. The highest BCUT2D eigenvalue weighted by atomic mass is 16.3. The van der Waals surface area contributed by atoms with Gasteiger partial charge in [0.05, 0.1) is 18.8 Å². The summed E-state index contributed by atoms with van der Waals surface area (Å²) < 4.78 is 0. The van der Waals surface area contributed by atoms with Crippen molar-refractivity contribution in [2.75, 3.05) is 6.61 Å². The van der Waals surface area contributed by atoms with Gasteiger partial charge in [-0.3, -0.25) is 4.79 Å². The molecule has 0 radical (unpaired) electrons. The van der Waals surface area contributed by atoms with E-state index in [0.29, 0.717) is 6.42 Å². The molecule has 5 heteroatoms. The molecule has 0 saturated carbocycles. The molecular weight excluding hydrogens is 775 g/mol. The topological polar surface area (TPSA) is 89.8 Å². The van der Waals surface area contributed by atoms with Gasteiger partial charge in [-0.05, 0) is 19.3 Å². The molecule has 63 heavy (non-hydrogen) atoms. The van der Waals surface area contributed by atoms with Gasteiger partial charge in [-0.2, -0.15) is 0 Å². The maximum atomic E-state index is 12.6. The zero-order valence-electron chi connectivity index (χ0n) is 43.0. The maximum Gasteiger partial charge on any atom is 0.249 e. The van der Waals surface area contributed by atoms with E-state index in [4.69, 9.17) is 0 Å². The van der Waals surface area contributed by atoms with E-state index in [1.165, 1.54) is 276 Å². The van der Waals surface area contributed by atoms with Crippen molar-refractivity contribution in [3.63, 3.8) is 0 Å². The minimum Gasteiger partial charge on any atom is -0.394 e. The monoisotopic (exact) mass is 890 g/mol. The smallest absolute Gasteiger partial charge is 0.249 e. The first kappa shape index (κ1) is 62.1. The Morgan fingerprint density at radius 3 is 0.873 bits per heavy atom. The second kappa shape index (κ2) is 53.7. The lowest BCUT2D eigenvalue weighted by molar-refractivity contribution is -0.131. The summed E-state index contributed by atoms with van der Waals surface area (Å²) in [5.41, 5.74) is 0. The average Bonchev–Trinajstić information content (AvgIpc) is 3.29. The van der Waals surface area contributed by atoms with E-state index in [9.17, 15) is 20.1 Å². The van der Waals surface area contributed by atoms with Gasteiger partial charge in [0.25, 0.3) is 0 Å². The van der Waals surface area contributed by atoms with E-state index in [1.54, 1.807) is 6.08 Å². The fraction of sp³-hybridized carbons (Fsp3) is 0.948. The lowest BCUT2D eigenvalue weighted by Crippen LogP contribution is -2.48. The summed E-state index contributed by atoms with van der Waals surface area (Å²) >= 11 is 0. The van der Waals surface area contributed by atoms with Crippen molar-refractivity contribution in [2.45, 2.75) is 347 Å². The summed E-state index contributed by atoms with van der Waals surface area (Å²) in [5, 5.41) is 33.4. The van der Waals surface area contributed by atoms with Crippen molar-refractivity contribution < 1.29 is 20.1 Å². The summed E-state index contributed by atoms with van der Waals surface area (Å²) in [7, 11) is 0. The molecule has 0 heterocycles. The lowest BCUT2D eigenvalue weighted by Gasteiger charge is -2.21. The summed E-state index contributed by atoms with van der Waals surface area (Å²) in [4.78, 5) is 12.6. The normalized spacial score (nSPS) is 13.3. The highest BCUT2D eigenvalue weighted by Crippen LogP contribution is 2.18. The molecule has 0 saturated heterocycles. The molecule has 0 aromatic rings. The number of hydrogen-bond donors (Lipinski definition) is 4. The molecule has 4 N–H and O–H groups in total. The summed E-state index contributed by atoms with van der Waals surface area (Å²) in [6.07, 6.45) is 67.3. The first-order valence-electron chi connectivity index (χ1n) is 29.0. The molecular formula is C58H115NO4. The largest absolute Gasteiger partial charge is 0.394 e. The molecule has 0 aliphatic heterocycles. The van der Waals surface area contributed by atoms with Crippen molar-refractivity contribution in [3.05, 3.63) is 12.2 Å². The Labute approximate surface area is 395 Å². The molecule has 3 unspecified atom stereocenters. The number of allylic oxidation sites excluding steroid dienone is 1. The van der Waals surface area contributed by atoms with Crippen LogP contribution in [-0.4, -0.2) is 46.1 Å². The molecule has 376 valence electrons. The van der Waals surface area contributed by atoms with Gasteiger partial charge in [0.15, 0.2) is 0 Å². The van der Waals surface area contributed by atoms with Crippen LogP contribution in [0.5, 0.6) is 0 Å². The third kappa shape index (κ3) is 48.8. The number of hydrogen-bond acceptors (Lipinski definition) is 4. The molecule has 0 bridgehead atoms. The van der Waals surface area contributed by atoms with Crippen LogP contribution in [0, 0.1) is 0 Å². The molecule has 0 aliphatic rings. The zero-order chi connectivity index (χ0) is 45.8. The number of nitrogens with one attached hydrogen (secondary N) is 1. The molecule has 3 atom stereocenters. The lowest BCUT2D eigenvalue weighted by atomic mass is 10.0. The predicted molar refractivity (Wildman–Crippen MR) is 278 cm³/mol. The summed E-state index contributed by atoms with van der Waals surface area (Å²) in [5.74, 6) is -0.495. The zero-order valence-corrected chi connectivity index (χ0v) is 43.0. The number of carbonyl (C=O) groups is 1. The minimum absolute atomic E-state index is 0.358. The fourth-order valence-corrected chi connectivity index (χ4v) is 9.37. The standard InChI is InChI=1S/C58H115NO4/c1-3-5-7-9-11-13-15-17-19-21-23-25-27-29-31-32-34-36-38-40-42-44-46-48-50-52-56(61)55(54-60)59-58(63)57(62)53-51-49-47-45-43-41-39-37-35-33-30-28-26-24-22-20-18-16-14-12-10-8-6-4-2/h50,52,55-57,60-62H,3-49,51,53-54H2,1-2H3,(H,59,63)/b52-50+. The number of unbranched alkanes of at least 4 members (excludes halogenated alkanes) is 46. The number of amides is 1. The Morgan fingerprint density at radius 1 is 0.381 bits per heavy atom. The van der Waals surface area contributed by atoms with E-state index in [0.717, 1.165) is 32.1 Å². The van der Waals surface area contributed by atoms with E-state index in [1.807, 2.05) is 6.08 Å². The first-order valence-corrected chi connectivity index (χ1v) is 29.0. The van der Waals surface area contributed by atoms with Crippen LogP contribution in [0.25, 0.3) is 0 Å². The Balaban J connectivity index is 3.53. The number of aliphatic hydroxyl groups excluding tert-OH is 3. The van der Waals surface area contributed by atoms with Crippen LogP contribution in [0.15, 0.2) is 12.2 Å². The Hall–Kier alpha value is -0.910. The number of carbonyl (C=O) groups excluding carboxylic acids is 1. The minimum atomic E-state index is -1.09. The molecule has 0 fully saturated rings. The van der Waals surface area contributed by atoms with E-state index in [2.05, 4.69) is 19.2 Å². The van der Waals surface area contributed by atoms with Crippen molar-refractivity contribution in [2.24, 2.45) is 0 Å². The van der Waals surface area contributed by atoms with Gasteiger partial charge in [-0.1, -0.05) is 321 Å². The van der Waals surface area contributed by atoms with Crippen molar-refractivity contribution >= 4 is 5.91 Å². The van der Waals surface area contributed by atoms with Crippen LogP contribution >= 0.6 is 0 Å². The first-order chi connectivity index (χ1) is 31.1. The van der Waals surface area contributed by atoms with Crippen LogP contribution in [0.1, 0.15) is 328 Å². The third-order valence-electron chi connectivity index (χ3n) is 13.9. The van der Waals surface area contributed by atoms with E-state index < -0.39 is 24.2 Å². The van der Waals surface area contributed by atoms with Gasteiger partial charge in [-0.25, -0.2) is 0 Å². The van der Waals surface area contributed by atoms with Gasteiger partial charge in [0.1, 0.15) is 6.10 Å². The van der Waals surface area contributed by atoms with Crippen LogP contribution < -0.4 is 5.32 Å². The van der Waals surface area contributed by atoms with Crippen molar-refractivity contribution in [3.8, 4) is 0 Å². The predicted octanol–water partition coefficient (Wildman–Crippen LogP) is 17.9. The van der Waals surface area contributed by atoms with Gasteiger partial charge in [0, 0.05) is 0 Å². The van der Waals surface area contributed by atoms with Gasteiger partial charge < -0.3 is 20.6 Å². The average molecular weight is 891 g/mol. The van der Waals surface area contributed by atoms with Gasteiger partial charge >= 0.3 is 0 Å². The van der Waals surface area contributed by atoms with E-state index >= 15 is 0 Å². The molecule has 0 aromatic carbocycles. The van der Waals surface area contributed by atoms with Crippen LogP contribution in [0.2, 0.25) is 0 Å². The Bertz CT molecular complexity index is 894.